The molecular formula is C11H15FN2OS. The molecular weight excluding hydrogens is 227 g/mol. The zero-order valence-electron chi connectivity index (χ0n) is 9.13. The number of halogens is 1. The van der Waals surface area contributed by atoms with Crippen molar-refractivity contribution in [1.29, 1.82) is 0 Å². The molecule has 16 heavy (non-hydrogen) atoms. The molecule has 0 bridgehead atoms. The van der Waals surface area contributed by atoms with Crippen LogP contribution in [-0.2, 0) is 0 Å². The summed E-state index contributed by atoms with van der Waals surface area (Å²) in [5.41, 5.74) is 5.68. The minimum atomic E-state index is -0.559. The average molecular weight is 242 g/mol. The van der Waals surface area contributed by atoms with E-state index in [1.54, 1.807) is 11.8 Å². The van der Waals surface area contributed by atoms with E-state index in [1.807, 2.05) is 6.26 Å². The van der Waals surface area contributed by atoms with Crippen molar-refractivity contribution in [3.8, 4) is 0 Å². The van der Waals surface area contributed by atoms with E-state index >= 15 is 0 Å². The van der Waals surface area contributed by atoms with Gasteiger partial charge in [-0.05, 0) is 36.6 Å². The Hall–Kier alpha value is -1.23. The summed E-state index contributed by atoms with van der Waals surface area (Å²) in [5, 5.41) is 2.72. The Balaban J connectivity index is 2.50. The molecule has 0 radical (unpaired) electrons. The van der Waals surface area contributed by atoms with Crippen molar-refractivity contribution in [2.45, 2.75) is 6.42 Å². The minimum Gasteiger partial charge on any atom is -0.396 e. The van der Waals surface area contributed by atoms with Gasteiger partial charge in [-0.2, -0.15) is 11.8 Å². The van der Waals surface area contributed by atoms with Crippen LogP contribution < -0.4 is 11.1 Å². The molecule has 5 heteroatoms. The lowest BCUT2D eigenvalue weighted by Gasteiger charge is -2.05. The van der Waals surface area contributed by atoms with Gasteiger partial charge < -0.3 is 11.1 Å². The largest absolute Gasteiger partial charge is 0.396 e. The van der Waals surface area contributed by atoms with E-state index in [1.165, 1.54) is 12.1 Å². The monoisotopic (exact) mass is 242 g/mol. The number of thioether (sulfide) groups is 1. The van der Waals surface area contributed by atoms with Crippen molar-refractivity contribution in [1.82, 2.24) is 5.32 Å². The van der Waals surface area contributed by atoms with E-state index in [9.17, 15) is 9.18 Å². The lowest BCUT2D eigenvalue weighted by Crippen LogP contribution is -2.24. The van der Waals surface area contributed by atoms with Gasteiger partial charge in [0.1, 0.15) is 5.82 Å². The molecule has 3 nitrogen and oxygen atoms in total. The number of carbonyl (C=O) groups is 1. The van der Waals surface area contributed by atoms with Crippen molar-refractivity contribution in [3.05, 3.63) is 29.6 Å². The molecule has 0 fully saturated rings. The fraction of sp³-hybridized carbons (Fsp3) is 0.364. The number of carbonyl (C=O) groups excluding carboxylic acids is 1. The van der Waals surface area contributed by atoms with Crippen LogP contribution >= 0.6 is 11.8 Å². The summed E-state index contributed by atoms with van der Waals surface area (Å²) < 4.78 is 13.1. The van der Waals surface area contributed by atoms with E-state index in [0.29, 0.717) is 12.1 Å². The van der Waals surface area contributed by atoms with Gasteiger partial charge in [0, 0.05) is 12.1 Å². The highest BCUT2D eigenvalue weighted by molar-refractivity contribution is 7.98. The Bertz CT molecular complexity index is 371. The number of benzene rings is 1. The highest BCUT2D eigenvalue weighted by Gasteiger charge is 2.07. The smallest absolute Gasteiger partial charge is 0.251 e. The van der Waals surface area contributed by atoms with Gasteiger partial charge >= 0.3 is 0 Å². The van der Waals surface area contributed by atoms with Gasteiger partial charge in [-0.25, -0.2) is 4.39 Å². The number of nitrogens with two attached hydrogens (primary N) is 1. The summed E-state index contributed by atoms with van der Waals surface area (Å²) in [4.78, 5) is 11.5. The van der Waals surface area contributed by atoms with Crippen LogP contribution in [0.4, 0.5) is 10.1 Å². The number of hydrogen-bond donors (Lipinski definition) is 2. The lowest BCUT2D eigenvalue weighted by molar-refractivity contribution is 0.0953. The second-order valence-corrected chi connectivity index (χ2v) is 4.32. The number of rotatable bonds is 5. The predicted octanol–water partition coefficient (Wildman–Crippen LogP) is 1.89. The average Bonchev–Trinajstić information content (AvgIpc) is 2.28. The number of nitrogen functional groups attached to an aromatic ring is 1. The first-order valence-corrected chi connectivity index (χ1v) is 6.36. The van der Waals surface area contributed by atoms with Crippen LogP contribution in [0.3, 0.4) is 0 Å². The summed E-state index contributed by atoms with van der Waals surface area (Å²) in [7, 11) is 0. The van der Waals surface area contributed by atoms with Gasteiger partial charge in [-0.15, -0.1) is 0 Å². The first kappa shape index (κ1) is 12.8. The lowest BCUT2D eigenvalue weighted by atomic mass is 10.2. The maximum Gasteiger partial charge on any atom is 0.251 e. The molecule has 0 atom stereocenters. The molecule has 0 aliphatic heterocycles. The normalized spacial score (nSPS) is 10.1. The second kappa shape index (κ2) is 6.37. The molecule has 1 aromatic carbocycles. The Labute approximate surface area is 98.6 Å². The highest BCUT2D eigenvalue weighted by Crippen LogP contribution is 2.11. The summed E-state index contributed by atoms with van der Waals surface area (Å²) in [6, 6.07) is 4.06. The van der Waals surface area contributed by atoms with Crippen molar-refractivity contribution >= 4 is 23.4 Å². The molecule has 0 aliphatic rings. The Morgan fingerprint density at radius 2 is 2.31 bits per heavy atom. The minimum absolute atomic E-state index is 0.0546. The summed E-state index contributed by atoms with van der Waals surface area (Å²) >= 11 is 1.73. The quantitative estimate of drug-likeness (QED) is 0.612. The topological polar surface area (TPSA) is 55.1 Å². The molecule has 0 saturated carbocycles. The van der Waals surface area contributed by atoms with Gasteiger partial charge in [-0.1, -0.05) is 0 Å². The molecule has 3 N–H and O–H groups in total. The van der Waals surface area contributed by atoms with Crippen LogP contribution in [-0.4, -0.2) is 24.5 Å². The van der Waals surface area contributed by atoms with Crippen molar-refractivity contribution in [3.63, 3.8) is 0 Å². The summed E-state index contributed by atoms with van der Waals surface area (Å²) in [6.45, 7) is 0.603. The maximum atomic E-state index is 13.1. The zero-order valence-corrected chi connectivity index (χ0v) is 9.94. The number of anilines is 1. The van der Waals surface area contributed by atoms with Gasteiger partial charge in [0.15, 0.2) is 0 Å². The Kier molecular flexibility index (Phi) is 5.11. The van der Waals surface area contributed by atoms with E-state index in [2.05, 4.69) is 5.32 Å². The van der Waals surface area contributed by atoms with Gasteiger partial charge in [-0.3, -0.25) is 4.79 Å². The van der Waals surface area contributed by atoms with Crippen molar-refractivity contribution in [2.75, 3.05) is 24.3 Å². The SMILES string of the molecule is CSCCCNC(=O)c1ccc(N)c(F)c1. The summed E-state index contributed by atoms with van der Waals surface area (Å²) in [6.07, 6.45) is 2.92. The molecule has 1 rings (SSSR count). The van der Waals surface area contributed by atoms with Gasteiger partial charge in [0.2, 0.25) is 0 Å². The third kappa shape index (κ3) is 3.73. The van der Waals surface area contributed by atoms with Gasteiger partial charge in [0.05, 0.1) is 5.69 Å². The molecule has 1 amide bonds. The van der Waals surface area contributed by atoms with E-state index in [4.69, 9.17) is 5.73 Å². The van der Waals surface area contributed by atoms with Crippen molar-refractivity contribution < 1.29 is 9.18 Å². The van der Waals surface area contributed by atoms with Crippen LogP contribution in [0.2, 0.25) is 0 Å². The third-order valence-electron chi connectivity index (χ3n) is 2.07. The zero-order chi connectivity index (χ0) is 12.0. The number of nitrogens with one attached hydrogen (secondary N) is 1. The van der Waals surface area contributed by atoms with Crippen LogP contribution in [0, 0.1) is 5.82 Å². The molecule has 0 heterocycles. The van der Waals surface area contributed by atoms with E-state index < -0.39 is 5.82 Å². The Morgan fingerprint density at radius 1 is 1.56 bits per heavy atom. The van der Waals surface area contributed by atoms with Crippen LogP contribution in [0.5, 0.6) is 0 Å². The molecule has 1 aromatic rings. The van der Waals surface area contributed by atoms with Crippen LogP contribution in [0.25, 0.3) is 0 Å². The highest BCUT2D eigenvalue weighted by atomic mass is 32.2. The predicted molar refractivity (Wildman–Crippen MR) is 66.1 cm³/mol. The molecule has 0 unspecified atom stereocenters. The van der Waals surface area contributed by atoms with E-state index in [0.717, 1.165) is 18.2 Å². The summed E-state index contributed by atoms with van der Waals surface area (Å²) in [5.74, 6) is 0.174. The Morgan fingerprint density at radius 3 is 2.94 bits per heavy atom. The fourth-order valence-corrected chi connectivity index (χ4v) is 1.62. The number of hydrogen-bond acceptors (Lipinski definition) is 3. The molecule has 88 valence electrons. The van der Waals surface area contributed by atoms with Crippen LogP contribution in [0.15, 0.2) is 18.2 Å². The maximum absolute atomic E-state index is 13.1. The molecule has 0 saturated heterocycles. The first-order valence-electron chi connectivity index (χ1n) is 4.97. The second-order valence-electron chi connectivity index (χ2n) is 3.34. The van der Waals surface area contributed by atoms with Gasteiger partial charge in [0.25, 0.3) is 5.91 Å². The molecule has 0 aliphatic carbocycles. The number of amides is 1. The van der Waals surface area contributed by atoms with Crippen molar-refractivity contribution in [2.24, 2.45) is 0 Å². The fourth-order valence-electron chi connectivity index (χ4n) is 1.19. The molecule has 0 spiro atoms. The molecule has 0 aromatic heterocycles. The first-order chi connectivity index (χ1) is 7.65. The third-order valence-corrected chi connectivity index (χ3v) is 2.77. The van der Waals surface area contributed by atoms with E-state index in [-0.39, 0.29) is 11.6 Å². The van der Waals surface area contributed by atoms with Crippen LogP contribution in [0.1, 0.15) is 16.8 Å². The standard InChI is InChI=1S/C11H15FN2OS/c1-16-6-2-5-14-11(15)8-3-4-10(13)9(12)7-8/h3-4,7H,2,5-6,13H2,1H3,(H,14,15).